The average molecular weight is 702 g/mol. The Labute approximate surface area is 283 Å². The predicted molar refractivity (Wildman–Crippen MR) is 177 cm³/mol. The van der Waals surface area contributed by atoms with Gasteiger partial charge >= 0.3 is 6.61 Å². The molecule has 2 N–H and O–H groups in total. The third-order valence-electron chi connectivity index (χ3n) is 10.3. The third kappa shape index (κ3) is 7.19. The highest BCUT2D eigenvalue weighted by Gasteiger charge is 2.40. The van der Waals surface area contributed by atoms with Crippen molar-refractivity contribution in [1.82, 2.24) is 34.3 Å². The number of hydrogen-bond acceptors (Lipinski definition) is 11. The van der Waals surface area contributed by atoms with Crippen LogP contribution in [0.25, 0.3) is 10.9 Å². The fourth-order valence-corrected chi connectivity index (χ4v) is 9.34. The summed E-state index contributed by atoms with van der Waals surface area (Å²) in [5.74, 6) is -0.705. The smallest absolute Gasteiger partial charge is 0.387 e. The van der Waals surface area contributed by atoms with Crippen LogP contribution in [0.1, 0.15) is 56.6 Å². The molecular weight excluding hydrogens is 660 g/mol. The number of hydrogen-bond donors (Lipinski definition) is 2. The van der Waals surface area contributed by atoms with Crippen molar-refractivity contribution < 1.29 is 31.5 Å². The first-order chi connectivity index (χ1) is 23.5. The zero-order valence-electron chi connectivity index (χ0n) is 27.3. The predicted octanol–water partition coefficient (Wildman–Crippen LogP) is 2.43. The summed E-state index contributed by atoms with van der Waals surface area (Å²) in [6, 6.07) is 6.94. The topological polar surface area (TPSA) is 155 Å². The zero-order valence-corrected chi connectivity index (χ0v) is 28.1. The Hall–Kier alpha value is -3.96. The van der Waals surface area contributed by atoms with Gasteiger partial charge in [0, 0.05) is 68.8 Å². The van der Waals surface area contributed by atoms with Crippen LogP contribution in [0, 0.1) is 0 Å². The van der Waals surface area contributed by atoms with Crippen LogP contribution in [-0.4, -0.2) is 112 Å². The molecule has 49 heavy (non-hydrogen) atoms. The van der Waals surface area contributed by atoms with E-state index in [1.54, 1.807) is 4.31 Å². The van der Waals surface area contributed by atoms with Crippen molar-refractivity contribution in [2.75, 3.05) is 48.7 Å². The van der Waals surface area contributed by atoms with E-state index in [1.165, 1.54) is 12.4 Å². The lowest BCUT2D eigenvalue weighted by atomic mass is 9.93. The molecule has 14 nitrogen and oxygen atoms in total. The summed E-state index contributed by atoms with van der Waals surface area (Å²) in [5.41, 5.74) is 2.76. The summed E-state index contributed by atoms with van der Waals surface area (Å²) in [6.45, 7) is 0.301. The van der Waals surface area contributed by atoms with Gasteiger partial charge in [0.15, 0.2) is 5.75 Å². The van der Waals surface area contributed by atoms with Gasteiger partial charge in [-0.3, -0.25) is 24.5 Å². The van der Waals surface area contributed by atoms with Crippen LogP contribution in [-0.2, 0) is 26.7 Å². The van der Waals surface area contributed by atoms with Crippen LogP contribution in [0.4, 0.5) is 20.4 Å². The van der Waals surface area contributed by atoms with Gasteiger partial charge in [-0.1, -0.05) is 0 Å². The number of aryl methyl sites for hydroxylation is 1. The molecular formula is C32H41F2N9O5S. The molecule has 2 amide bonds. The number of rotatable bonds is 11. The molecule has 4 aliphatic heterocycles. The second kappa shape index (κ2) is 13.7. The van der Waals surface area contributed by atoms with Gasteiger partial charge in [-0.2, -0.15) is 13.9 Å². The van der Waals surface area contributed by atoms with Gasteiger partial charge in [0.25, 0.3) is 0 Å². The normalized spacial score (nSPS) is 24.2. The lowest BCUT2D eigenvalue weighted by molar-refractivity contribution is -0.134. The number of sulfonamides is 1. The molecule has 2 bridgehead atoms. The van der Waals surface area contributed by atoms with E-state index in [0.29, 0.717) is 63.0 Å². The molecule has 0 radical (unpaired) electrons. The fraction of sp³-hybridized carbons (Fsp3) is 0.594. The van der Waals surface area contributed by atoms with E-state index in [1.807, 2.05) is 17.8 Å². The summed E-state index contributed by atoms with van der Waals surface area (Å²) in [6.07, 6.45) is 7.02. The number of anilines is 2. The van der Waals surface area contributed by atoms with Gasteiger partial charge < -0.3 is 15.0 Å². The first-order valence-electron chi connectivity index (χ1n) is 16.9. The Kier molecular flexibility index (Phi) is 9.41. The number of carbonyl (C=O) groups is 2. The first kappa shape index (κ1) is 33.5. The highest BCUT2D eigenvalue weighted by atomic mass is 32.2. The highest BCUT2D eigenvalue weighted by Crippen LogP contribution is 2.36. The molecule has 0 spiro atoms. The van der Waals surface area contributed by atoms with Crippen LogP contribution in [0.3, 0.4) is 0 Å². The maximum absolute atomic E-state index is 13.2. The minimum atomic E-state index is -3.40. The molecule has 6 heterocycles. The Morgan fingerprint density at radius 1 is 1.04 bits per heavy atom. The van der Waals surface area contributed by atoms with Crippen molar-refractivity contribution in [3.63, 3.8) is 0 Å². The number of nitrogens with zero attached hydrogens (tertiary/aromatic N) is 7. The molecule has 0 saturated carbocycles. The lowest BCUT2D eigenvalue weighted by Gasteiger charge is -2.42. The molecule has 17 heteroatoms. The number of carbonyl (C=O) groups excluding carboxylic acids is 2. The van der Waals surface area contributed by atoms with E-state index in [0.717, 1.165) is 49.1 Å². The molecule has 264 valence electrons. The van der Waals surface area contributed by atoms with Crippen molar-refractivity contribution >= 4 is 44.4 Å². The molecule has 3 atom stereocenters. The number of halogens is 2. The summed E-state index contributed by atoms with van der Waals surface area (Å²) >= 11 is 0. The van der Waals surface area contributed by atoms with E-state index >= 15 is 0 Å². The number of fused-ring (bicyclic) bond motifs is 3. The monoisotopic (exact) mass is 701 g/mol. The Bertz CT molecular complexity index is 1790. The lowest BCUT2D eigenvalue weighted by Crippen LogP contribution is -2.54. The average Bonchev–Trinajstić information content (AvgIpc) is 3.51. The van der Waals surface area contributed by atoms with Crippen molar-refractivity contribution in [3.05, 3.63) is 36.3 Å². The van der Waals surface area contributed by atoms with E-state index in [-0.39, 0.29) is 35.3 Å². The second-order valence-corrected chi connectivity index (χ2v) is 15.4. The largest absolute Gasteiger partial charge is 0.432 e. The Balaban J connectivity index is 0.895. The minimum absolute atomic E-state index is 0.0220. The quantitative estimate of drug-likeness (QED) is 0.284. The maximum Gasteiger partial charge on any atom is 0.387 e. The summed E-state index contributed by atoms with van der Waals surface area (Å²) in [7, 11) is -1.52. The van der Waals surface area contributed by atoms with Crippen LogP contribution in [0.2, 0.25) is 0 Å². The van der Waals surface area contributed by atoms with E-state index in [9.17, 15) is 26.8 Å². The number of alkyl halides is 2. The first-order valence-corrected chi connectivity index (χ1v) is 18.5. The molecule has 0 aliphatic carbocycles. The SMILES string of the molecule is Cn1nc(C2CCC(=O)NC2=O)c2ccc(N3CC4CCC(C3)N4CCCS(=O)(=O)N3CCC(Nc4ncc(OC(F)F)cn4)CC3)cc21. The third-order valence-corrected chi connectivity index (χ3v) is 12.2. The van der Waals surface area contributed by atoms with E-state index < -0.39 is 22.6 Å². The molecule has 4 saturated heterocycles. The summed E-state index contributed by atoms with van der Waals surface area (Å²) < 4.78 is 58.8. The van der Waals surface area contributed by atoms with Crippen LogP contribution in [0.15, 0.2) is 30.6 Å². The van der Waals surface area contributed by atoms with E-state index in [2.05, 4.69) is 52.4 Å². The summed E-state index contributed by atoms with van der Waals surface area (Å²) in [5, 5.41) is 11.2. The van der Waals surface area contributed by atoms with Crippen molar-refractivity contribution in [1.29, 1.82) is 0 Å². The molecule has 4 aliphatic rings. The van der Waals surface area contributed by atoms with E-state index in [4.69, 9.17) is 0 Å². The molecule has 3 unspecified atom stereocenters. The number of imide groups is 1. The van der Waals surface area contributed by atoms with Gasteiger partial charge in [0.1, 0.15) is 0 Å². The number of amides is 2. The van der Waals surface area contributed by atoms with Gasteiger partial charge in [0.05, 0.1) is 35.3 Å². The number of piperidine rings is 2. The fourth-order valence-electron chi connectivity index (χ4n) is 7.82. The van der Waals surface area contributed by atoms with Crippen molar-refractivity contribution in [2.45, 2.75) is 75.6 Å². The van der Waals surface area contributed by atoms with Crippen LogP contribution < -0.4 is 20.3 Å². The number of piperazine rings is 1. The highest BCUT2D eigenvalue weighted by molar-refractivity contribution is 7.89. The Morgan fingerprint density at radius 2 is 1.76 bits per heavy atom. The van der Waals surface area contributed by atoms with Gasteiger partial charge in [0.2, 0.25) is 27.8 Å². The standard InChI is InChI=1S/C32H41F2N9O5S/c1-40-27-15-21(5-6-25(27)29(39-40)26-7-8-28(44)38-30(26)45)41-18-22-3-4-23(19-41)43(22)11-2-14-49(46,47)42-12-9-20(10-13-42)37-32-35-16-24(17-36-32)48-31(33)34/h5-6,15-17,20,22-23,26,31H,2-4,7-14,18-19H2,1H3,(H,35,36,37)(H,38,44,45). The van der Waals surface area contributed by atoms with Gasteiger partial charge in [-0.25, -0.2) is 22.7 Å². The van der Waals surface area contributed by atoms with Crippen LogP contribution in [0.5, 0.6) is 5.75 Å². The Morgan fingerprint density at radius 3 is 2.43 bits per heavy atom. The molecule has 3 aromatic rings. The number of nitrogens with one attached hydrogen (secondary N) is 2. The molecule has 1 aromatic carbocycles. The maximum atomic E-state index is 13.2. The molecule has 4 fully saturated rings. The van der Waals surface area contributed by atoms with Crippen molar-refractivity contribution in [2.24, 2.45) is 7.05 Å². The van der Waals surface area contributed by atoms with Gasteiger partial charge in [-0.15, -0.1) is 0 Å². The number of benzene rings is 1. The van der Waals surface area contributed by atoms with Crippen molar-refractivity contribution in [3.8, 4) is 5.75 Å². The summed E-state index contributed by atoms with van der Waals surface area (Å²) in [4.78, 5) is 37.1. The minimum Gasteiger partial charge on any atom is -0.432 e. The van der Waals surface area contributed by atoms with Crippen LogP contribution >= 0.6 is 0 Å². The zero-order chi connectivity index (χ0) is 34.3. The number of aromatic nitrogens is 4. The molecule has 7 rings (SSSR count). The number of ether oxygens (including phenoxy) is 1. The second-order valence-electron chi connectivity index (χ2n) is 13.3. The van der Waals surface area contributed by atoms with Gasteiger partial charge in [-0.05, 0) is 63.3 Å². The molecule has 2 aromatic heterocycles.